The monoisotopic (exact) mass is 412 g/mol. The highest BCUT2D eigenvalue weighted by atomic mass is 32.1. The molecule has 150 valence electrons. The second-order valence-corrected chi connectivity index (χ2v) is 6.53. The van der Waals surface area contributed by atoms with Crippen molar-refractivity contribution >= 4 is 41.0 Å². The number of aliphatic hydroxyl groups excluding tert-OH is 1. The second-order valence-electron chi connectivity index (χ2n) is 6.17. The van der Waals surface area contributed by atoms with E-state index in [1.54, 1.807) is 60.5 Å². The van der Waals surface area contributed by atoms with Gasteiger partial charge >= 0.3 is 5.97 Å². The van der Waals surface area contributed by atoms with E-state index in [-0.39, 0.29) is 29.8 Å². The Hall–Kier alpha value is -3.23. The molecule has 0 saturated carbocycles. The highest BCUT2D eigenvalue weighted by Gasteiger charge is 2.38. The quantitative estimate of drug-likeness (QED) is 0.444. The van der Waals surface area contributed by atoms with E-state index >= 15 is 0 Å². The molecule has 8 heteroatoms. The van der Waals surface area contributed by atoms with Gasteiger partial charge in [-0.15, -0.1) is 0 Å². The Morgan fingerprint density at radius 2 is 1.97 bits per heavy atom. The van der Waals surface area contributed by atoms with E-state index in [0.717, 1.165) is 5.56 Å². The molecule has 1 fully saturated rings. The number of likely N-dealkylation sites (N-methyl/N-ethyl adjacent to an activating group) is 1. The number of benzene rings is 2. The van der Waals surface area contributed by atoms with Crippen molar-refractivity contribution in [3.8, 4) is 5.75 Å². The molecular formula is C21H20N2O5S. The molecule has 0 atom stereocenters. The number of nitrogens with zero attached hydrogens (tertiary/aromatic N) is 2. The summed E-state index contributed by atoms with van der Waals surface area (Å²) in [5.74, 6) is -0.322. The first-order chi connectivity index (χ1) is 14.0. The number of methoxy groups -OCH3 is 1. The summed E-state index contributed by atoms with van der Waals surface area (Å²) in [6.07, 6.45) is 1.70. The van der Waals surface area contributed by atoms with E-state index in [1.165, 1.54) is 12.0 Å². The van der Waals surface area contributed by atoms with E-state index < -0.39 is 5.97 Å². The first kappa shape index (κ1) is 20.5. The molecule has 2 aromatic carbocycles. The maximum Gasteiger partial charge on any atom is 0.339 e. The standard InChI is InChI=1S/C21H20N2O5S/c1-22-18(13-14-6-5-7-15(12-14)28-11-10-24)19(25)23(21(22)29)17-9-4-3-8-16(17)20(26)27-2/h3-9,12-13,24H,10-11H2,1-2H3/b18-13+. The van der Waals surface area contributed by atoms with Crippen LogP contribution in [-0.4, -0.2) is 54.4 Å². The average Bonchev–Trinajstić information content (AvgIpc) is 2.95. The molecule has 2 aromatic rings. The number of hydrogen-bond acceptors (Lipinski definition) is 6. The van der Waals surface area contributed by atoms with Gasteiger partial charge in [0.1, 0.15) is 18.1 Å². The Morgan fingerprint density at radius 1 is 1.21 bits per heavy atom. The Bertz CT molecular complexity index is 989. The number of aliphatic hydroxyl groups is 1. The van der Waals surface area contributed by atoms with Crippen molar-refractivity contribution < 1.29 is 24.2 Å². The van der Waals surface area contributed by atoms with Crippen LogP contribution in [0.25, 0.3) is 6.08 Å². The summed E-state index contributed by atoms with van der Waals surface area (Å²) < 4.78 is 10.2. The van der Waals surface area contributed by atoms with Crippen molar-refractivity contribution in [1.82, 2.24) is 4.90 Å². The van der Waals surface area contributed by atoms with Gasteiger partial charge in [-0.3, -0.25) is 9.69 Å². The highest BCUT2D eigenvalue weighted by molar-refractivity contribution is 7.80. The molecule has 1 amide bonds. The maximum absolute atomic E-state index is 13.2. The molecule has 1 saturated heterocycles. The number of rotatable bonds is 6. The number of carbonyl (C=O) groups excluding carboxylic acids is 2. The van der Waals surface area contributed by atoms with Gasteiger partial charge in [-0.05, 0) is 48.1 Å². The lowest BCUT2D eigenvalue weighted by Gasteiger charge is -2.18. The van der Waals surface area contributed by atoms with Crippen LogP contribution < -0.4 is 9.64 Å². The van der Waals surface area contributed by atoms with Gasteiger partial charge in [0.15, 0.2) is 5.11 Å². The van der Waals surface area contributed by atoms with E-state index in [9.17, 15) is 9.59 Å². The van der Waals surface area contributed by atoms with Crippen molar-refractivity contribution in [3.05, 3.63) is 65.4 Å². The van der Waals surface area contributed by atoms with Crippen molar-refractivity contribution in [2.45, 2.75) is 0 Å². The molecule has 1 heterocycles. The van der Waals surface area contributed by atoms with Crippen molar-refractivity contribution in [1.29, 1.82) is 0 Å². The topological polar surface area (TPSA) is 79.3 Å². The molecule has 7 nitrogen and oxygen atoms in total. The summed E-state index contributed by atoms with van der Waals surface area (Å²) in [6, 6.07) is 13.8. The van der Waals surface area contributed by atoms with Gasteiger partial charge in [-0.2, -0.15) is 0 Å². The number of hydrogen-bond donors (Lipinski definition) is 1. The van der Waals surface area contributed by atoms with E-state index in [0.29, 0.717) is 17.1 Å². The molecule has 29 heavy (non-hydrogen) atoms. The Labute approximate surface area is 173 Å². The third kappa shape index (κ3) is 4.13. The number of carbonyl (C=O) groups is 2. The highest BCUT2D eigenvalue weighted by Crippen LogP contribution is 2.31. The third-order valence-electron chi connectivity index (χ3n) is 4.33. The van der Waals surface area contributed by atoms with Gasteiger partial charge in [0.2, 0.25) is 0 Å². The maximum atomic E-state index is 13.2. The minimum atomic E-state index is -0.551. The Balaban J connectivity index is 1.97. The molecule has 0 bridgehead atoms. The van der Waals surface area contributed by atoms with Gasteiger partial charge in [-0.25, -0.2) is 4.79 Å². The van der Waals surface area contributed by atoms with Crippen LogP contribution in [0.15, 0.2) is 54.2 Å². The van der Waals surface area contributed by atoms with Crippen LogP contribution in [0, 0.1) is 0 Å². The van der Waals surface area contributed by atoms with Crippen LogP contribution in [0.4, 0.5) is 5.69 Å². The fourth-order valence-electron chi connectivity index (χ4n) is 2.94. The fraction of sp³-hybridized carbons (Fsp3) is 0.190. The number of esters is 1. The predicted octanol–water partition coefficient (Wildman–Crippen LogP) is 2.45. The summed E-state index contributed by atoms with van der Waals surface area (Å²) in [7, 11) is 2.98. The van der Waals surface area contributed by atoms with Gasteiger partial charge in [0.25, 0.3) is 5.91 Å². The molecule has 0 aromatic heterocycles. The van der Waals surface area contributed by atoms with Crippen LogP contribution in [0.2, 0.25) is 0 Å². The Kier molecular flexibility index (Phi) is 6.26. The molecule has 3 rings (SSSR count). The largest absolute Gasteiger partial charge is 0.491 e. The van der Waals surface area contributed by atoms with E-state index in [1.807, 2.05) is 6.07 Å². The van der Waals surface area contributed by atoms with Crippen LogP contribution in [-0.2, 0) is 9.53 Å². The molecular weight excluding hydrogens is 392 g/mol. The Morgan fingerprint density at radius 3 is 2.69 bits per heavy atom. The fourth-order valence-corrected chi connectivity index (χ4v) is 3.22. The minimum Gasteiger partial charge on any atom is -0.491 e. The van der Waals surface area contributed by atoms with Gasteiger partial charge in [0.05, 0.1) is 25.0 Å². The third-order valence-corrected chi connectivity index (χ3v) is 4.79. The summed E-state index contributed by atoms with van der Waals surface area (Å²) in [6.45, 7) is 0.0937. The summed E-state index contributed by atoms with van der Waals surface area (Å²) in [5, 5.41) is 9.16. The van der Waals surface area contributed by atoms with Gasteiger partial charge in [0, 0.05) is 7.05 Å². The minimum absolute atomic E-state index is 0.0879. The second kappa shape index (κ2) is 8.85. The lowest BCUT2D eigenvalue weighted by molar-refractivity contribution is -0.114. The van der Waals surface area contributed by atoms with Crippen LogP contribution in [0.5, 0.6) is 5.75 Å². The first-order valence-electron chi connectivity index (χ1n) is 8.83. The molecule has 0 radical (unpaired) electrons. The predicted molar refractivity (Wildman–Crippen MR) is 113 cm³/mol. The SMILES string of the molecule is COC(=O)c1ccccc1N1C(=O)/C(=C\c2cccc(OCCO)c2)N(C)C1=S. The number of anilines is 1. The first-order valence-corrected chi connectivity index (χ1v) is 9.23. The number of para-hydroxylation sites is 1. The number of amides is 1. The zero-order valence-electron chi connectivity index (χ0n) is 16.0. The van der Waals surface area contributed by atoms with E-state index in [4.69, 9.17) is 26.8 Å². The zero-order chi connectivity index (χ0) is 21.0. The van der Waals surface area contributed by atoms with Crippen LogP contribution in [0.3, 0.4) is 0 Å². The van der Waals surface area contributed by atoms with E-state index in [2.05, 4.69) is 0 Å². The van der Waals surface area contributed by atoms with Gasteiger partial charge < -0.3 is 19.5 Å². The lowest BCUT2D eigenvalue weighted by atomic mass is 10.1. The zero-order valence-corrected chi connectivity index (χ0v) is 16.8. The number of thiocarbonyl (C=S) groups is 1. The normalized spacial score (nSPS) is 15.2. The molecule has 1 aliphatic heterocycles. The molecule has 1 aliphatic rings. The van der Waals surface area contributed by atoms with Gasteiger partial charge in [-0.1, -0.05) is 24.3 Å². The average molecular weight is 412 g/mol. The summed E-state index contributed by atoms with van der Waals surface area (Å²) in [4.78, 5) is 28.2. The summed E-state index contributed by atoms with van der Waals surface area (Å²) >= 11 is 5.47. The van der Waals surface area contributed by atoms with Crippen molar-refractivity contribution in [2.24, 2.45) is 0 Å². The van der Waals surface area contributed by atoms with Crippen molar-refractivity contribution in [3.63, 3.8) is 0 Å². The molecule has 0 unspecified atom stereocenters. The van der Waals surface area contributed by atoms with Crippen molar-refractivity contribution in [2.75, 3.05) is 32.3 Å². The molecule has 1 N–H and O–H groups in total. The van der Waals surface area contributed by atoms with Crippen LogP contribution >= 0.6 is 12.2 Å². The lowest BCUT2D eigenvalue weighted by Crippen LogP contribution is -2.32. The molecule has 0 aliphatic carbocycles. The molecule has 0 spiro atoms. The number of ether oxygens (including phenoxy) is 2. The smallest absolute Gasteiger partial charge is 0.339 e. The van der Waals surface area contributed by atoms with Crippen LogP contribution in [0.1, 0.15) is 15.9 Å². The summed E-state index contributed by atoms with van der Waals surface area (Å²) in [5.41, 5.74) is 1.71.